The molecular formula is C12H19ClN2O. The number of aryl methyl sites for hydroxylation is 1. The zero-order chi connectivity index (χ0) is 11.8. The van der Waals surface area contributed by atoms with Crippen LogP contribution in [0.2, 0.25) is 5.15 Å². The Kier molecular flexibility index (Phi) is 6.34. The molecule has 1 rings (SSSR count). The number of nitrogens with zero attached hydrogens (tertiary/aromatic N) is 2. The lowest BCUT2D eigenvalue weighted by Gasteiger charge is -2.04. The molecular weight excluding hydrogens is 224 g/mol. The van der Waals surface area contributed by atoms with Gasteiger partial charge in [0.1, 0.15) is 11.8 Å². The quantitative estimate of drug-likeness (QED) is 0.542. The lowest BCUT2D eigenvalue weighted by Crippen LogP contribution is -2.02. The van der Waals surface area contributed by atoms with Crippen molar-refractivity contribution < 1.29 is 4.74 Å². The van der Waals surface area contributed by atoms with Crippen molar-refractivity contribution in [2.45, 2.75) is 46.1 Å². The van der Waals surface area contributed by atoms with Crippen molar-refractivity contribution in [1.29, 1.82) is 0 Å². The summed E-state index contributed by atoms with van der Waals surface area (Å²) in [5.41, 5.74) is 0.879. The van der Waals surface area contributed by atoms with Gasteiger partial charge in [0.15, 0.2) is 5.82 Å². The van der Waals surface area contributed by atoms with Crippen molar-refractivity contribution in [3.8, 4) is 0 Å². The summed E-state index contributed by atoms with van der Waals surface area (Å²) in [5.74, 6) is 0.667. The second-order valence-corrected chi connectivity index (χ2v) is 4.25. The van der Waals surface area contributed by atoms with Gasteiger partial charge in [-0.05, 0) is 19.4 Å². The fourth-order valence-corrected chi connectivity index (χ4v) is 1.70. The molecule has 0 N–H and O–H groups in total. The summed E-state index contributed by atoms with van der Waals surface area (Å²) in [7, 11) is 0. The fourth-order valence-electron chi connectivity index (χ4n) is 1.45. The summed E-state index contributed by atoms with van der Waals surface area (Å²) in [5, 5.41) is 0.483. The summed E-state index contributed by atoms with van der Waals surface area (Å²) in [6.07, 6.45) is 4.85. The minimum atomic E-state index is 0.452. The molecule has 0 bridgehead atoms. The number of ether oxygens (including phenoxy) is 1. The molecule has 0 amide bonds. The molecule has 0 saturated carbocycles. The van der Waals surface area contributed by atoms with Crippen LogP contribution in [0.15, 0.2) is 6.07 Å². The van der Waals surface area contributed by atoms with E-state index in [9.17, 15) is 0 Å². The van der Waals surface area contributed by atoms with Gasteiger partial charge in [-0.25, -0.2) is 9.97 Å². The number of unbranched alkanes of at least 4 members (excludes halogenated alkanes) is 3. The molecule has 0 radical (unpaired) electrons. The van der Waals surface area contributed by atoms with Gasteiger partial charge in [0.05, 0.1) is 0 Å². The van der Waals surface area contributed by atoms with E-state index in [2.05, 4.69) is 16.9 Å². The van der Waals surface area contributed by atoms with Crippen LogP contribution in [0.5, 0.6) is 0 Å². The molecule has 90 valence electrons. The Hall–Kier alpha value is -0.670. The summed E-state index contributed by atoms with van der Waals surface area (Å²) in [4.78, 5) is 8.34. The summed E-state index contributed by atoms with van der Waals surface area (Å²) in [6, 6.07) is 1.74. The standard InChI is InChI=1S/C12H19ClN2O/c1-3-4-5-6-7-16-9-12-14-10(2)8-11(13)15-12/h8H,3-7,9H2,1-2H3. The molecule has 3 nitrogen and oxygen atoms in total. The van der Waals surface area contributed by atoms with Crippen LogP contribution >= 0.6 is 11.6 Å². The molecule has 0 aromatic carbocycles. The Bertz CT molecular complexity index is 298. The second kappa shape index (κ2) is 7.58. The van der Waals surface area contributed by atoms with Crippen LogP contribution in [0, 0.1) is 6.92 Å². The lowest BCUT2D eigenvalue weighted by molar-refractivity contribution is 0.111. The van der Waals surface area contributed by atoms with E-state index in [1.54, 1.807) is 6.07 Å². The highest BCUT2D eigenvalue weighted by atomic mass is 35.5. The molecule has 0 spiro atoms. The SMILES string of the molecule is CCCCCCOCc1nc(C)cc(Cl)n1. The van der Waals surface area contributed by atoms with Crippen molar-refractivity contribution in [3.05, 3.63) is 22.7 Å². The molecule has 1 aromatic rings. The van der Waals surface area contributed by atoms with Gasteiger partial charge < -0.3 is 4.74 Å². The van der Waals surface area contributed by atoms with Crippen LogP contribution in [0.3, 0.4) is 0 Å². The third kappa shape index (κ3) is 5.42. The molecule has 1 aromatic heterocycles. The topological polar surface area (TPSA) is 35.0 Å². The molecule has 16 heavy (non-hydrogen) atoms. The van der Waals surface area contributed by atoms with Crippen LogP contribution in [-0.4, -0.2) is 16.6 Å². The normalized spacial score (nSPS) is 10.7. The molecule has 4 heteroatoms. The highest BCUT2D eigenvalue weighted by molar-refractivity contribution is 6.29. The Balaban J connectivity index is 2.21. The van der Waals surface area contributed by atoms with Gasteiger partial charge in [-0.3, -0.25) is 0 Å². The zero-order valence-electron chi connectivity index (χ0n) is 10.0. The van der Waals surface area contributed by atoms with E-state index in [0.717, 1.165) is 18.7 Å². The number of rotatable bonds is 7. The van der Waals surface area contributed by atoms with Gasteiger partial charge in [-0.1, -0.05) is 37.8 Å². The van der Waals surface area contributed by atoms with Crippen molar-refractivity contribution >= 4 is 11.6 Å². The van der Waals surface area contributed by atoms with Crippen LogP contribution in [0.1, 0.15) is 44.1 Å². The Morgan fingerprint density at radius 1 is 1.25 bits per heavy atom. The first kappa shape index (κ1) is 13.4. The van der Waals surface area contributed by atoms with Gasteiger partial charge in [0.25, 0.3) is 0 Å². The second-order valence-electron chi connectivity index (χ2n) is 3.86. The van der Waals surface area contributed by atoms with E-state index in [1.807, 2.05) is 6.92 Å². The van der Waals surface area contributed by atoms with Crippen LogP contribution in [-0.2, 0) is 11.3 Å². The van der Waals surface area contributed by atoms with Gasteiger partial charge in [0, 0.05) is 12.3 Å². The maximum absolute atomic E-state index is 5.82. The minimum absolute atomic E-state index is 0.452. The minimum Gasteiger partial charge on any atom is -0.373 e. The first-order valence-corrected chi connectivity index (χ1v) is 6.18. The smallest absolute Gasteiger partial charge is 0.155 e. The summed E-state index contributed by atoms with van der Waals surface area (Å²) in [6.45, 7) is 5.32. The molecule has 0 saturated heterocycles. The molecule has 0 unspecified atom stereocenters. The molecule has 0 aliphatic heterocycles. The third-order valence-corrected chi connectivity index (χ3v) is 2.44. The molecule has 0 aliphatic rings. The number of hydrogen-bond acceptors (Lipinski definition) is 3. The first-order chi connectivity index (χ1) is 7.72. The summed E-state index contributed by atoms with van der Waals surface area (Å²) < 4.78 is 5.49. The Morgan fingerprint density at radius 3 is 2.75 bits per heavy atom. The van der Waals surface area contributed by atoms with Gasteiger partial charge in [-0.15, -0.1) is 0 Å². The van der Waals surface area contributed by atoms with Gasteiger partial charge >= 0.3 is 0 Å². The average Bonchev–Trinajstić information content (AvgIpc) is 2.22. The number of hydrogen-bond donors (Lipinski definition) is 0. The average molecular weight is 243 g/mol. The zero-order valence-corrected chi connectivity index (χ0v) is 10.8. The van der Waals surface area contributed by atoms with E-state index in [4.69, 9.17) is 16.3 Å². The third-order valence-electron chi connectivity index (χ3n) is 2.24. The summed E-state index contributed by atoms with van der Waals surface area (Å²) >= 11 is 5.82. The van der Waals surface area contributed by atoms with Gasteiger partial charge in [0.2, 0.25) is 0 Å². The van der Waals surface area contributed by atoms with E-state index >= 15 is 0 Å². The van der Waals surface area contributed by atoms with Crippen LogP contribution in [0.25, 0.3) is 0 Å². The monoisotopic (exact) mass is 242 g/mol. The Labute approximate surface area is 102 Å². The highest BCUT2D eigenvalue weighted by Gasteiger charge is 2.00. The predicted octanol–water partition coefficient (Wildman–Crippen LogP) is 3.54. The molecule has 0 atom stereocenters. The van der Waals surface area contributed by atoms with Crippen molar-refractivity contribution in [2.75, 3.05) is 6.61 Å². The molecule has 1 heterocycles. The van der Waals surface area contributed by atoms with Crippen molar-refractivity contribution in [1.82, 2.24) is 9.97 Å². The highest BCUT2D eigenvalue weighted by Crippen LogP contribution is 2.07. The molecule has 0 fully saturated rings. The van der Waals surface area contributed by atoms with Crippen LogP contribution < -0.4 is 0 Å². The van der Waals surface area contributed by atoms with Gasteiger partial charge in [-0.2, -0.15) is 0 Å². The first-order valence-electron chi connectivity index (χ1n) is 5.80. The van der Waals surface area contributed by atoms with Crippen molar-refractivity contribution in [2.24, 2.45) is 0 Å². The van der Waals surface area contributed by atoms with E-state index in [1.165, 1.54) is 19.3 Å². The maximum atomic E-state index is 5.82. The number of aromatic nitrogens is 2. The van der Waals surface area contributed by atoms with E-state index in [0.29, 0.717) is 17.6 Å². The molecule has 0 aliphatic carbocycles. The fraction of sp³-hybridized carbons (Fsp3) is 0.667. The Morgan fingerprint density at radius 2 is 2.06 bits per heavy atom. The largest absolute Gasteiger partial charge is 0.373 e. The van der Waals surface area contributed by atoms with Crippen molar-refractivity contribution in [3.63, 3.8) is 0 Å². The lowest BCUT2D eigenvalue weighted by atomic mass is 10.2. The maximum Gasteiger partial charge on any atom is 0.155 e. The van der Waals surface area contributed by atoms with Crippen LogP contribution in [0.4, 0.5) is 0 Å². The van der Waals surface area contributed by atoms with E-state index < -0.39 is 0 Å². The number of halogens is 1. The predicted molar refractivity (Wildman–Crippen MR) is 65.6 cm³/mol. The van der Waals surface area contributed by atoms with E-state index in [-0.39, 0.29) is 0 Å².